The van der Waals surface area contributed by atoms with Gasteiger partial charge in [-0.2, -0.15) is 4.39 Å². The van der Waals surface area contributed by atoms with Crippen LogP contribution in [0.1, 0.15) is 27.2 Å². The van der Waals surface area contributed by atoms with Crippen LogP contribution in [-0.2, 0) is 4.79 Å². The van der Waals surface area contributed by atoms with Crippen LogP contribution in [0.4, 0.5) is 4.39 Å². The summed E-state index contributed by atoms with van der Waals surface area (Å²) in [4.78, 5) is 9.79. The Kier molecular flexibility index (Phi) is 2.13. The van der Waals surface area contributed by atoms with E-state index < -0.39 is 6.04 Å². The molecule has 8 heavy (non-hydrogen) atoms. The Hall–Kier alpha value is -0.400. The molecule has 0 aromatic rings. The molecule has 1 nitrogen and oxygen atoms in total. The Morgan fingerprint density at radius 3 is 1.88 bits per heavy atom. The van der Waals surface area contributed by atoms with Crippen LogP contribution in [0.5, 0.6) is 0 Å². The molecule has 0 rings (SSSR count). The van der Waals surface area contributed by atoms with E-state index in [-0.39, 0.29) is 11.8 Å². The van der Waals surface area contributed by atoms with Gasteiger partial charge in [-0.15, -0.1) is 0 Å². The minimum Gasteiger partial charge on any atom is -0.261 e. The molecule has 0 spiro atoms. The van der Waals surface area contributed by atoms with Crippen molar-refractivity contribution in [1.29, 1.82) is 0 Å². The first-order valence-corrected chi connectivity index (χ1v) is 2.60. The molecule has 0 saturated carbocycles. The summed E-state index contributed by atoms with van der Waals surface area (Å²) in [6, 6.07) is -1.22. The van der Waals surface area contributed by atoms with Gasteiger partial charge in [0.05, 0.1) is 0 Å². The van der Waals surface area contributed by atoms with Crippen LogP contribution in [-0.4, -0.2) is 6.04 Å². The molecule has 0 amide bonds. The monoisotopic (exact) mass is 118 g/mol. The normalized spacial score (nSPS) is 11.5. The minimum atomic E-state index is -1.22. The fraction of sp³-hybridized carbons (Fsp3) is 0.833. The van der Waals surface area contributed by atoms with Crippen molar-refractivity contribution in [3.63, 3.8) is 0 Å². The topological polar surface area (TPSA) is 17.1 Å². The van der Waals surface area contributed by atoms with Gasteiger partial charge >= 0.3 is 6.04 Å². The summed E-state index contributed by atoms with van der Waals surface area (Å²) < 4.78 is 11.6. The molecule has 0 fully saturated rings. The lowest BCUT2D eigenvalue weighted by Crippen LogP contribution is -2.08. The molecule has 0 aliphatic rings. The molecular formula is C6H11FO. The molecule has 48 valence electrons. The Bertz CT molecular complexity index is 91.2. The maximum absolute atomic E-state index is 11.6. The number of carbonyl (C=O) groups is 1. The van der Waals surface area contributed by atoms with E-state index in [9.17, 15) is 9.18 Å². The summed E-state index contributed by atoms with van der Waals surface area (Å²) >= 11 is 0. The third kappa shape index (κ3) is 5.60. The van der Waals surface area contributed by atoms with Gasteiger partial charge in [-0.25, -0.2) is 0 Å². The molecule has 0 bridgehead atoms. The highest BCUT2D eigenvalue weighted by Crippen LogP contribution is 2.18. The van der Waals surface area contributed by atoms with Crippen molar-refractivity contribution in [2.45, 2.75) is 27.2 Å². The molecule has 0 unspecified atom stereocenters. The number of carbonyl (C=O) groups excluding carboxylic acids is 1. The first kappa shape index (κ1) is 7.60. The van der Waals surface area contributed by atoms with Gasteiger partial charge in [-0.1, -0.05) is 20.8 Å². The first-order valence-electron chi connectivity index (χ1n) is 2.60. The molecule has 0 aromatic carbocycles. The van der Waals surface area contributed by atoms with Crippen LogP contribution in [0.25, 0.3) is 0 Å². The predicted molar refractivity (Wildman–Crippen MR) is 30.2 cm³/mol. The Morgan fingerprint density at radius 2 is 1.88 bits per heavy atom. The fourth-order valence-corrected chi connectivity index (χ4v) is 0.417. The zero-order chi connectivity index (χ0) is 6.78. The van der Waals surface area contributed by atoms with Gasteiger partial charge in [0, 0.05) is 6.42 Å². The SMILES string of the molecule is CC(C)(C)CC(=O)F. The van der Waals surface area contributed by atoms with Gasteiger partial charge in [0.1, 0.15) is 0 Å². The largest absolute Gasteiger partial charge is 0.302 e. The van der Waals surface area contributed by atoms with Gasteiger partial charge < -0.3 is 0 Å². The number of halogens is 1. The van der Waals surface area contributed by atoms with Gasteiger partial charge in [0.25, 0.3) is 0 Å². The highest BCUT2D eigenvalue weighted by Gasteiger charge is 2.14. The van der Waals surface area contributed by atoms with Crippen molar-refractivity contribution < 1.29 is 9.18 Å². The summed E-state index contributed by atoms with van der Waals surface area (Å²) in [7, 11) is 0. The second-order valence-corrected chi connectivity index (χ2v) is 3.09. The maximum Gasteiger partial charge on any atom is 0.302 e. The van der Waals surface area contributed by atoms with E-state index in [0.29, 0.717) is 0 Å². The maximum atomic E-state index is 11.6. The van der Waals surface area contributed by atoms with Crippen LogP contribution in [0.3, 0.4) is 0 Å². The standard InChI is InChI=1S/C6H11FO/c1-6(2,3)4-5(7)8/h4H2,1-3H3. The van der Waals surface area contributed by atoms with Crippen LogP contribution in [0.15, 0.2) is 0 Å². The predicted octanol–water partition coefficient (Wildman–Crippen LogP) is 1.92. The average Bonchev–Trinajstić information content (AvgIpc) is 1.21. The number of hydrogen-bond acceptors (Lipinski definition) is 1. The van der Waals surface area contributed by atoms with Crippen molar-refractivity contribution in [3.8, 4) is 0 Å². The summed E-state index contributed by atoms with van der Waals surface area (Å²) in [5, 5.41) is 0. The molecular weight excluding hydrogens is 107 g/mol. The van der Waals surface area contributed by atoms with Gasteiger partial charge in [-0.05, 0) is 5.41 Å². The van der Waals surface area contributed by atoms with E-state index in [4.69, 9.17) is 0 Å². The molecule has 2 heteroatoms. The molecule has 0 aromatic heterocycles. The third-order valence-corrected chi connectivity index (χ3v) is 0.669. The summed E-state index contributed by atoms with van der Waals surface area (Å²) in [5.74, 6) is 0. The molecule has 0 saturated heterocycles. The van der Waals surface area contributed by atoms with Gasteiger partial charge in [0.2, 0.25) is 0 Å². The Morgan fingerprint density at radius 1 is 1.50 bits per heavy atom. The quantitative estimate of drug-likeness (QED) is 0.481. The Balaban J connectivity index is 3.55. The average molecular weight is 118 g/mol. The van der Waals surface area contributed by atoms with Gasteiger partial charge in [-0.3, -0.25) is 4.79 Å². The van der Waals surface area contributed by atoms with Crippen LogP contribution in [0.2, 0.25) is 0 Å². The van der Waals surface area contributed by atoms with Gasteiger partial charge in [0.15, 0.2) is 0 Å². The van der Waals surface area contributed by atoms with E-state index in [1.807, 2.05) is 20.8 Å². The van der Waals surface area contributed by atoms with Crippen molar-refractivity contribution in [2.24, 2.45) is 5.41 Å². The van der Waals surface area contributed by atoms with E-state index in [1.165, 1.54) is 0 Å². The summed E-state index contributed by atoms with van der Waals surface area (Å²) in [6.07, 6.45) is 0.0208. The van der Waals surface area contributed by atoms with E-state index in [0.717, 1.165) is 0 Å². The van der Waals surface area contributed by atoms with E-state index in [2.05, 4.69) is 0 Å². The number of rotatable bonds is 1. The lowest BCUT2D eigenvalue weighted by atomic mass is 9.93. The second kappa shape index (κ2) is 2.25. The van der Waals surface area contributed by atoms with Crippen molar-refractivity contribution in [2.75, 3.05) is 0 Å². The molecule has 0 N–H and O–H groups in total. The second-order valence-electron chi connectivity index (χ2n) is 3.09. The van der Waals surface area contributed by atoms with Crippen LogP contribution < -0.4 is 0 Å². The lowest BCUT2D eigenvalue weighted by molar-refractivity contribution is -0.131. The van der Waals surface area contributed by atoms with E-state index in [1.54, 1.807) is 0 Å². The highest BCUT2D eigenvalue weighted by atomic mass is 19.1. The minimum absolute atomic E-state index is 0.0208. The molecule has 0 atom stereocenters. The third-order valence-electron chi connectivity index (χ3n) is 0.669. The smallest absolute Gasteiger partial charge is 0.261 e. The van der Waals surface area contributed by atoms with E-state index >= 15 is 0 Å². The zero-order valence-electron chi connectivity index (χ0n) is 5.49. The molecule has 0 heterocycles. The lowest BCUT2D eigenvalue weighted by Gasteiger charge is -2.12. The summed E-state index contributed by atoms with van der Waals surface area (Å²) in [5.41, 5.74) is -0.203. The molecule has 0 radical (unpaired) electrons. The van der Waals surface area contributed by atoms with Crippen LogP contribution >= 0.6 is 0 Å². The number of hydrogen-bond donors (Lipinski definition) is 0. The molecule has 0 aliphatic carbocycles. The van der Waals surface area contributed by atoms with Crippen molar-refractivity contribution >= 4 is 6.04 Å². The highest BCUT2D eigenvalue weighted by molar-refractivity contribution is 5.68. The summed E-state index contributed by atoms with van der Waals surface area (Å²) in [6.45, 7) is 5.47. The van der Waals surface area contributed by atoms with Crippen molar-refractivity contribution in [3.05, 3.63) is 0 Å². The van der Waals surface area contributed by atoms with Crippen LogP contribution in [0, 0.1) is 5.41 Å². The van der Waals surface area contributed by atoms with Crippen molar-refractivity contribution in [1.82, 2.24) is 0 Å². The molecule has 0 aliphatic heterocycles. The first-order chi connectivity index (χ1) is 3.42. The fourth-order valence-electron chi connectivity index (χ4n) is 0.417. The zero-order valence-corrected chi connectivity index (χ0v) is 5.49. The Labute approximate surface area is 48.9 Å².